The van der Waals surface area contributed by atoms with Crippen molar-refractivity contribution in [1.29, 1.82) is 0 Å². The first-order chi connectivity index (χ1) is 39.3. The van der Waals surface area contributed by atoms with Gasteiger partial charge < -0.3 is 53.2 Å². The van der Waals surface area contributed by atoms with E-state index in [1.807, 2.05) is 95.2 Å². The van der Waals surface area contributed by atoms with Crippen molar-refractivity contribution in [3.8, 4) is 0 Å². The topological polar surface area (TPSA) is 291 Å². The quantitative estimate of drug-likeness (QED) is 0.0961. The molecule has 0 aromatic heterocycles. The van der Waals surface area contributed by atoms with Gasteiger partial charge in [0.25, 0.3) is 0 Å². The van der Waals surface area contributed by atoms with Gasteiger partial charge in [-0.05, 0) is 97.0 Å². The molecule has 1 saturated heterocycles. The Hall–Kier alpha value is -6.86. The average Bonchev–Trinajstić information content (AvgIpc) is 3.26. The molecule has 10 amide bonds. The molecule has 0 unspecified atom stereocenters. The maximum atomic E-state index is 14.7. The molecule has 0 aliphatic carbocycles. The van der Waals surface area contributed by atoms with Crippen LogP contribution < -0.4 is 53.2 Å². The Kier molecular flexibility index (Phi) is 29.6. The van der Waals surface area contributed by atoms with Gasteiger partial charge in [0, 0.05) is 12.8 Å². The first-order valence-electron chi connectivity index (χ1n) is 30.5. The van der Waals surface area contributed by atoms with Crippen LogP contribution in [-0.4, -0.2) is 119 Å². The second-order valence-electron chi connectivity index (χ2n) is 26.1. The molecule has 10 atom stereocenters. The number of nitrogens with one attached hydrogen (secondary N) is 10. The summed E-state index contributed by atoms with van der Waals surface area (Å²) in [6.07, 6.45) is 0.827. The van der Waals surface area contributed by atoms with Crippen molar-refractivity contribution in [2.45, 2.75) is 223 Å². The van der Waals surface area contributed by atoms with Gasteiger partial charge in [0.15, 0.2) is 0 Å². The fourth-order valence-electron chi connectivity index (χ4n) is 10.1. The zero-order chi connectivity index (χ0) is 63.1. The monoisotopic (exact) mass is 1170 g/mol. The largest absolute Gasteiger partial charge is 0.343 e. The lowest BCUT2D eigenvalue weighted by molar-refractivity contribution is -0.137. The smallest absolute Gasteiger partial charge is 0.243 e. The molecular weight excluding hydrogens is 1070 g/mol. The highest BCUT2D eigenvalue weighted by Gasteiger charge is 2.39. The summed E-state index contributed by atoms with van der Waals surface area (Å²) in [6.45, 7) is 29.4. The van der Waals surface area contributed by atoms with Crippen molar-refractivity contribution in [2.75, 3.05) is 0 Å². The number of amides is 10. The lowest BCUT2D eigenvalue weighted by Crippen LogP contribution is -2.62. The molecule has 468 valence electrons. The summed E-state index contributed by atoms with van der Waals surface area (Å²) in [6, 6.07) is 5.81. The molecule has 0 spiro atoms. The summed E-state index contributed by atoms with van der Waals surface area (Å²) in [4.78, 5) is 146. The lowest BCUT2D eigenvalue weighted by Gasteiger charge is -2.31. The van der Waals surface area contributed by atoms with Crippen LogP contribution in [0.3, 0.4) is 0 Å². The molecule has 1 aliphatic heterocycles. The average molecular weight is 1170 g/mol. The van der Waals surface area contributed by atoms with Gasteiger partial charge in [-0.1, -0.05) is 171 Å². The third-order valence-electron chi connectivity index (χ3n) is 14.4. The molecule has 0 bridgehead atoms. The van der Waals surface area contributed by atoms with Crippen molar-refractivity contribution in [1.82, 2.24) is 53.2 Å². The maximum Gasteiger partial charge on any atom is 0.243 e. The summed E-state index contributed by atoms with van der Waals surface area (Å²) in [5, 5.41) is 28.6. The van der Waals surface area contributed by atoms with Crippen molar-refractivity contribution in [3.05, 3.63) is 71.8 Å². The van der Waals surface area contributed by atoms with Gasteiger partial charge in [-0.15, -0.1) is 0 Å². The molecule has 10 N–H and O–H groups in total. The van der Waals surface area contributed by atoms with Gasteiger partial charge >= 0.3 is 0 Å². The SMILES string of the molecule is CC(C)C[C@@H]1NC(=O)[C@H](CC(C)C)NC(=O)[C@@H](C(C)C)NC(=O)[C@@H](CC(C)C)NC(=O)[C@H](Cc2ccccc2)NC(=O)[C@H](CC(C)C)NC(=O)[C@H](CC(C)C)NC(=O)[C@@H](C(C)C)NC(=O)[C@@H](CC(C)C)NC(=O)[C@H](Cc2ccccc2)NC1=O. The van der Waals surface area contributed by atoms with Gasteiger partial charge in [-0.25, -0.2) is 0 Å². The normalized spacial score (nSPS) is 25.0. The maximum absolute atomic E-state index is 14.7. The van der Waals surface area contributed by atoms with E-state index in [0.717, 1.165) is 0 Å². The molecule has 0 saturated carbocycles. The first-order valence-corrected chi connectivity index (χ1v) is 30.5. The molecule has 2 aromatic rings. The molecule has 3 rings (SSSR count). The van der Waals surface area contributed by atoms with Crippen LogP contribution in [0.5, 0.6) is 0 Å². The van der Waals surface area contributed by atoms with Crippen LogP contribution >= 0.6 is 0 Å². The molecule has 1 heterocycles. The van der Waals surface area contributed by atoms with E-state index in [4.69, 9.17) is 0 Å². The van der Waals surface area contributed by atoms with Crippen molar-refractivity contribution in [3.63, 3.8) is 0 Å². The molecule has 20 nitrogen and oxygen atoms in total. The van der Waals surface area contributed by atoms with Gasteiger partial charge in [0.1, 0.15) is 60.4 Å². The molecule has 1 aliphatic rings. The summed E-state index contributed by atoms with van der Waals surface area (Å²) < 4.78 is 0. The molecular formula is C64H102N10O10. The van der Waals surface area contributed by atoms with E-state index in [2.05, 4.69) is 53.2 Å². The number of hydrogen-bond donors (Lipinski definition) is 10. The van der Waals surface area contributed by atoms with Gasteiger partial charge in [0.2, 0.25) is 59.1 Å². The number of carbonyl (C=O) groups is 10. The second-order valence-corrected chi connectivity index (χ2v) is 26.1. The molecule has 1 fully saturated rings. The second kappa shape index (κ2) is 34.8. The predicted octanol–water partition coefficient (Wildman–Crippen LogP) is 4.92. The van der Waals surface area contributed by atoms with Crippen LogP contribution in [-0.2, 0) is 60.8 Å². The van der Waals surface area contributed by atoms with Gasteiger partial charge in [-0.2, -0.15) is 0 Å². The van der Waals surface area contributed by atoms with E-state index >= 15 is 0 Å². The Morgan fingerprint density at radius 1 is 0.250 bits per heavy atom. The molecule has 84 heavy (non-hydrogen) atoms. The lowest BCUT2D eigenvalue weighted by atomic mass is 9.96. The van der Waals surface area contributed by atoms with Crippen LogP contribution in [0.25, 0.3) is 0 Å². The minimum absolute atomic E-state index is 0.00287. The molecule has 20 heteroatoms. The Balaban J connectivity index is 2.29. The standard InChI is InChI=1S/C64H102N10O10/c1-35(2)27-45-55(75)69-51(33-43-23-19-17-20-24-43)59(79)67-49(31-39(9)10)61(81)74-54(42(15)16)64(84)72-48(30-38(7)8)58(78)66-46(28-36(3)4)56(76)70-52(34-44-25-21-18-22-26-44)60(80)68-50(32-40(11)12)62(82)73-53(41(13)14)63(83)71-47(29-37(5)6)57(77)65-45/h17-26,35-42,45-54H,27-34H2,1-16H3,(H,65,77)(H,66,78)(H,67,79)(H,68,80)(H,69,75)(H,70,76)(H,71,83)(H,72,84)(H,73,82)(H,74,81)/t45-,46-,47-,48-,49+,50+,51-,52-,53+,54+/m0/s1. The van der Waals surface area contributed by atoms with Crippen molar-refractivity contribution >= 4 is 59.1 Å². The Bertz CT molecular complexity index is 2310. The summed E-state index contributed by atoms with van der Waals surface area (Å²) in [5.41, 5.74) is 1.38. The number of benzene rings is 2. The number of carbonyl (C=O) groups excluding carboxylic acids is 10. The van der Waals surface area contributed by atoms with Gasteiger partial charge in [0.05, 0.1) is 0 Å². The fraction of sp³-hybridized carbons (Fsp3) is 0.656. The van der Waals surface area contributed by atoms with Crippen molar-refractivity contribution < 1.29 is 47.9 Å². The fourth-order valence-corrected chi connectivity index (χ4v) is 10.1. The minimum atomic E-state index is -1.27. The Labute approximate surface area is 500 Å². The first kappa shape index (κ1) is 71.4. The van der Waals surface area contributed by atoms with E-state index in [9.17, 15) is 47.9 Å². The van der Waals surface area contributed by atoms with E-state index in [-0.39, 0.29) is 86.9 Å². The highest BCUT2D eigenvalue weighted by Crippen LogP contribution is 2.17. The van der Waals surface area contributed by atoms with Gasteiger partial charge in [-0.3, -0.25) is 47.9 Å². The number of rotatable bonds is 18. The predicted molar refractivity (Wildman–Crippen MR) is 326 cm³/mol. The van der Waals surface area contributed by atoms with E-state index < -0.39 is 131 Å². The van der Waals surface area contributed by atoms with Crippen LogP contribution in [0, 0.1) is 47.3 Å². The van der Waals surface area contributed by atoms with E-state index in [1.165, 1.54) is 0 Å². The third-order valence-corrected chi connectivity index (χ3v) is 14.4. The summed E-state index contributed by atoms with van der Waals surface area (Å²) >= 11 is 0. The van der Waals surface area contributed by atoms with Crippen LogP contribution in [0.1, 0.15) is 160 Å². The van der Waals surface area contributed by atoms with Crippen molar-refractivity contribution in [2.24, 2.45) is 47.3 Å². The van der Waals surface area contributed by atoms with Crippen LogP contribution in [0.2, 0.25) is 0 Å². The van der Waals surface area contributed by atoms with E-state index in [0.29, 0.717) is 11.1 Å². The third kappa shape index (κ3) is 24.8. The van der Waals surface area contributed by atoms with E-state index in [1.54, 1.807) is 76.2 Å². The molecule has 0 radical (unpaired) electrons. The van der Waals surface area contributed by atoms with Crippen LogP contribution in [0.15, 0.2) is 60.7 Å². The summed E-state index contributed by atoms with van der Waals surface area (Å²) in [7, 11) is 0. The zero-order valence-corrected chi connectivity index (χ0v) is 52.9. The van der Waals surface area contributed by atoms with Crippen LogP contribution in [0.4, 0.5) is 0 Å². The number of hydrogen-bond acceptors (Lipinski definition) is 10. The molecule has 2 aromatic carbocycles. The summed E-state index contributed by atoms with van der Waals surface area (Å²) in [5.74, 6) is -8.73. The highest BCUT2D eigenvalue weighted by molar-refractivity contribution is 5.99. The highest BCUT2D eigenvalue weighted by atomic mass is 16.2. The Morgan fingerprint density at radius 3 is 0.631 bits per heavy atom. The zero-order valence-electron chi connectivity index (χ0n) is 52.9. The minimum Gasteiger partial charge on any atom is -0.343 e. The Morgan fingerprint density at radius 2 is 0.429 bits per heavy atom.